The van der Waals surface area contributed by atoms with Gasteiger partial charge in [-0.3, -0.25) is 10.0 Å². The van der Waals surface area contributed by atoms with Gasteiger partial charge in [-0.25, -0.2) is 9.86 Å². The number of carbonyl (C=O) groups excluding carboxylic acids is 2. The van der Waals surface area contributed by atoms with Gasteiger partial charge in [-0.2, -0.15) is 0 Å². The lowest BCUT2D eigenvalue weighted by Gasteiger charge is -2.05. The standard InChI is InChI=1S/C11H14N2O.C4H7NO2.C2H6/c1-2-8-12-11(14)13-9-10-6-4-3-5-7-10;1-2-3-5(7)4-6;1-2/h2-7H,1,8-9H2,(H2,12,13,14);2,4,7H,1,3H2;1-2H3. The zero-order valence-electron chi connectivity index (χ0n) is 13.9. The van der Waals surface area contributed by atoms with Gasteiger partial charge in [-0.1, -0.05) is 56.3 Å². The Bertz CT molecular complexity index is 436. The average Bonchev–Trinajstić information content (AvgIpc) is 2.61. The van der Waals surface area contributed by atoms with Crippen LogP contribution in [0.25, 0.3) is 0 Å². The highest BCUT2D eigenvalue weighted by atomic mass is 16.5. The van der Waals surface area contributed by atoms with Crippen LogP contribution in [-0.4, -0.2) is 35.8 Å². The first-order valence-electron chi connectivity index (χ1n) is 7.32. The normalized spacial score (nSPS) is 8.13. The summed E-state index contributed by atoms with van der Waals surface area (Å²) < 4.78 is 0. The molecular formula is C17H27N3O3. The Kier molecular flexibility index (Phi) is 17.2. The number of hydrogen-bond acceptors (Lipinski definition) is 3. The van der Waals surface area contributed by atoms with Crippen LogP contribution in [-0.2, 0) is 11.3 Å². The molecule has 128 valence electrons. The van der Waals surface area contributed by atoms with E-state index in [9.17, 15) is 9.59 Å². The third kappa shape index (κ3) is 15.6. The Morgan fingerprint density at radius 1 is 1.17 bits per heavy atom. The molecule has 1 aromatic rings. The summed E-state index contributed by atoms with van der Waals surface area (Å²) in [5.74, 6) is 0. The number of amides is 3. The van der Waals surface area contributed by atoms with Gasteiger partial charge >= 0.3 is 6.03 Å². The molecule has 0 aliphatic rings. The molecule has 1 aromatic carbocycles. The van der Waals surface area contributed by atoms with Crippen molar-refractivity contribution in [2.45, 2.75) is 20.4 Å². The first-order chi connectivity index (χ1) is 11.1. The highest BCUT2D eigenvalue weighted by Crippen LogP contribution is 1.96. The van der Waals surface area contributed by atoms with E-state index < -0.39 is 0 Å². The smallest absolute Gasteiger partial charge is 0.315 e. The Labute approximate surface area is 138 Å². The van der Waals surface area contributed by atoms with Crippen LogP contribution in [0.2, 0.25) is 0 Å². The molecule has 0 fully saturated rings. The van der Waals surface area contributed by atoms with E-state index in [2.05, 4.69) is 23.8 Å². The zero-order valence-corrected chi connectivity index (χ0v) is 13.9. The van der Waals surface area contributed by atoms with E-state index in [0.29, 0.717) is 24.6 Å². The Hall–Kier alpha value is -2.60. The molecule has 0 radical (unpaired) electrons. The van der Waals surface area contributed by atoms with Crippen LogP contribution in [0.1, 0.15) is 19.4 Å². The fourth-order valence-corrected chi connectivity index (χ4v) is 1.18. The van der Waals surface area contributed by atoms with Gasteiger partial charge < -0.3 is 10.6 Å². The number of carbonyl (C=O) groups is 2. The van der Waals surface area contributed by atoms with Gasteiger partial charge in [0, 0.05) is 13.1 Å². The monoisotopic (exact) mass is 321 g/mol. The fraction of sp³-hybridized carbons (Fsp3) is 0.294. The summed E-state index contributed by atoms with van der Waals surface area (Å²) in [7, 11) is 0. The molecule has 0 saturated heterocycles. The number of urea groups is 1. The van der Waals surface area contributed by atoms with Gasteiger partial charge in [0.2, 0.25) is 6.41 Å². The second kappa shape index (κ2) is 17.5. The highest BCUT2D eigenvalue weighted by Gasteiger charge is 1.96. The minimum atomic E-state index is -0.172. The molecule has 6 heteroatoms. The molecule has 0 unspecified atom stereocenters. The zero-order chi connectivity index (χ0) is 17.9. The quantitative estimate of drug-likeness (QED) is 0.312. The molecule has 0 aliphatic carbocycles. The van der Waals surface area contributed by atoms with Crippen molar-refractivity contribution in [3.63, 3.8) is 0 Å². The first-order valence-corrected chi connectivity index (χ1v) is 7.32. The molecule has 3 N–H and O–H groups in total. The predicted octanol–water partition coefficient (Wildman–Crippen LogP) is 2.72. The van der Waals surface area contributed by atoms with Gasteiger partial charge in [0.15, 0.2) is 0 Å². The minimum absolute atomic E-state index is 0.172. The minimum Gasteiger partial charge on any atom is -0.335 e. The molecule has 0 saturated carbocycles. The molecule has 0 heterocycles. The van der Waals surface area contributed by atoms with Gasteiger partial charge in [0.25, 0.3) is 0 Å². The summed E-state index contributed by atoms with van der Waals surface area (Å²) in [4.78, 5) is 20.6. The molecular weight excluding hydrogens is 294 g/mol. The number of hydrogen-bond donors (Lipinski definition) is 3. The predicted molar refractivity (Wildman–Crippen MR) is 93.0 cm³/mol. The van der Waals surface area contributed by atoms with Crippen molar-refractivity contribution < 1.29 is 14.8 Å². The van der Waals surface area contributed by atoms with E-state index in [4.69, 9.17) is 5.21 Å². The Morgan fingerprint density at radius 3 is 2.22 bits per heavy atom. The molecule has 0 atom stereocenters. The van der Waals surface area contributed by atoms with Crippen molar-refractivity contribution in [3.05, 3.63) is 61.2 Å². The van der Waals surface area contributed by atoms with Crippen molar-refractivity contribution in [2.75, 3.05) is 13.1 Å². The Morgan fingerprint density at radius 2 is 1.78 bits per heavy atom. The highest BCUT2D eigenvalue weighted by molar-refractivity contribution is 5.73. The van der Waals surface area contributed by atoms with Crippen LogP contribution in [0.15, 0.2) is 55.6 Å². The number of nitrogens with one attached hydrogen (secondary N) is 2. The van der Waals surface area contributed by atoms with Crippen molar-refractivity contribution in [3.8, 4) is 0 Å². The van der Waals surface area contributed by atoms with Crippen molar-refractivity contribution >= 4 is 12.4 Å². The van der Waals surface area contributed by atoms with Crippen LogP contribution in [0.3, 0.4) is 0 Å². The number of rotatable bonds is 7. The third-order valence-electron chi connectivity index (χ3n) is 2.14. The van der Waals surface area contributed by atoms with E-state index in [0.717, 1.165) is 5.56 Å². The largest absolute Gasteiger partial charge is 0.335 e. The van der Waals surface area contributed by atoms with Gasteiger partial charge in [-0.15, -0.1) is 13.2 Å². The summed E-state index contributed by atoms with van der Waals surface area (Å²) in [5.41, 5.74) is 1.08. The number of hydroxylamine groups is 2. The average molecular weight is 321 g/mol. The molecule has 0 bridgehead atoms. The number of nitrogens with zero attached hydrogens (tertiary/aromatic N) is 1. The first kappa shape index (κ1) is 22.7. The summed E-state index contributed by atoms with van der Waals surface area (Å²) in [6, 6.07) is 9.59. The van der Waals surface area contributed by atoms with Crippen LogP contribution in [0, 0.1) is 0 Å². The molecule has 0 spiro atoms. The molecule has 23 heavy (non-hydrogen) atoms. The van der Waals surface area contributed by atoms with Crippen LogP contribution in [0.4, 0.5) is 4.79 Å². The van der Waals surface area contributed by atoms with Crippen molar-refractivity contribution in [2.24, 2.45) is 0 Å². The van der Waals surface area contributed by atoms with Crippen molar-refractivity contribution in [1.29, 1.82) is 0 Å². The fourth-order valence-electron chi connectivity index (χ4n) is 1.18. The van der Waals surface area contributed by atoms with E-state index in [1.807, 2.05) is 44.2 Å². The third-order valence-corrected chi connectivity index (χ3v) is 2.14. The van der Waals surface area contributed by atoms with Gasteiger partial charge in [0.05, 0.1) is 6.54 Å². The van der Waals surface area contributed by atoms with E-state index >= 15 is 0 Å². The molecule has 1 rings (SSSR count). The lowest BCUT2D eigenvalue weighted by atomic mass is 10.2. The maximum Gasteiger partial charge on any atom is 0.315 e. The van der Waals surface area contributed by atoms with E-state index in [-0.39, 0.29) is 12.6 Å². The summed E-state index contributed by atoms with van der Waals surface area (Å²) >= 11 is 0. The topological polar surface area (TPSA) is 81.7 Å². The lowest BCUT2D eigenvalue weighted by Crippen LogP contribution is -2.34. The van der Waals surface area contributed by atoms with Crippen LogP contribution < -0.4 is 10.6 Å². The van der Waals surface area contributed by atoms with Crippen LogP contribution in [0.5, 0.6) is 0 Å². The second-order valence-electron chi connectivity index (χ2n) is 3.85. The SMILES string of the molecule is C=CCN(O)C=O.C=CCNC(=O)NCc1ccccc1.CC. The second-order valence-corrected chi connectivity index (χ2v) is 3.85. The van der Waals surface area contributed by atoms with Gasteiger partial charge in [-0.05, 0) is 5.56 Å². The lowest BCUT2D eigenvalue weighted by molar-refractivity contribution is -0.147. The maximum absolute atomic E-state index is 11.1. The van der Waals surface area contributed by atoms with Crippen molar-refractivity contribution in [1.82, 2.24) is 15.7 Å². The van der Waals surface area contributed by atoms with E-state index in [1.54, 1.807) is 6.08 Å². The molecule has 3 amide bonds. The summed E-state index contributed by atoms with van der Waals surface area (Å²) in [6.45, 7) is 12.0. The van der Waals surface area contributed by atoms with E-state index in [1.165, 1.54) is 6.08 Å². The summed E-state index contributed by atoms with van der Waals surface area (Å²) in [6.07, 6.45) is 3.39. The Balaban J connectivity index is 0. The molecule has 0 aromatic heterocycles. The molecule has 6 nitrogen and oxygen atoms in total. The maximum atomic E-state index is 11.1. The van der Waals surface area contributed by atoms with Crippen LogP contribution >= 0.6 is 0 Å². The summed E-state index contributed by atoms with van der Waals surface area (Å²) in [5, 5.41) is 14.1. The molecule has 0 aliphatic heterocycles. The number of benzene rings is 1. The van der Waals surface area contributed by atoms with Gasteiger partial charge in [0.1, 0.15) is 0 Å².